The van der Waals surface area contributed by atoms with E-state index in [-0.39, 0.29) is 11.2 Å². The summed E-state index contributed by atoms with van der Waals surface area (Å²) in [6.07, 6.45) is 4.90. The Labute approximate surface area is 150 Å². The fraction of sp³-hybridized carbons (Fsp3) is 0.588. The second-order valence-corrected chi connectivity index (χ2v) is 8.67. The first-order chi connectivity index (χ1) is 11.5. The van der Waals surface area contributed by atoms with Gasteiger partial charge in [-0.05, 0) is 43.7 Å². The molecule has 7 heteroatoms. The normalized spacial score (nSPS) is 18.2. The van der Waals surface area contributed by atoms with Gasteiger partial charge < -0.3 is 9.30 Å². The van der Waals surface area contributed by atoms with Gasteiger partial charge >= 0.3 is 5.97 Å². The Balaban J connectivity index is 1.82. The summed E-state index contributed by atoms with van der Waals surface area (Å²) < 4.78 is 6.75. The second kappa shape index (κ2) is 7.27. The van der Waals surface area contributed by atoms with Crippen molar-refractivity contribution >= 4 is 29.1 Å². The van der Waals surface area contributed by atoms with Gasteiger partial charge in [0.05, 0.1) is 12.0 Å². The molecule has 0 aliphatic heterocycles. The number of nitrogens with zero attached hydrogens (tertiary/aromatic N) is 3. The van der Waals surface area contributed by atoms with Crippen LogP contribution in [0.3, 0.4) is 0 Å². The summed E-state index contributed by atoms with van der Waals surface area (Å²) in [7, 11) is 3.36. The summed E-state index contributed by atoms with van der Waals surface area (Å²) in [5, 5.41) is 9.06. The number of fused-ring (bicyclic) bond motifs is 1. The highest BCUT2D eigenvalue weighted by atomic mass is 32.2. The molecule has 3 rings (SSSR count). The number of rotatable bonds is 5. The monoisotopic (exact) mass is 365 g/mol. The van der Waals surface area contributed by atoms with Crippen molar-refractivity contribution in [3.8, 4) is 10.7 Å². The molecule has 1 aliphatic rings. The Hall–Kier alpha value is -1.34. The average Bonchev–Trinajstić information content (AvgIpc) is 3.16. The zero-order valence-corrected chi connectivity index (χ0v) is 16.2. The van der Waals surface area contributed by atoms with Crippen LogP contribution in [0, 0.1) is 5.92 Å². The number of aromatic nitrogens is 3. The fourth-order valence-corrected chi connectivity index (χ4v) is 5.13. The first-order valence-corrected chi connectivity index (χ1v) is 9.98. The van der Waals surface area contributed by atoms with Crippen LogP contribution in [0.15, 0.2) is 11.2 Å². The van der Waals surface area contributed by atoms with Crippen LogP contribution < -0.4 is 0 Å². The summed E-state index contributed by atoms with van der Waals surface area (Å²) in [5.74, 6) is 1.44. The maximum Gasteiger partial charge on any atom is 0.318 e. The van der Waals surface area contributed by atoms with E-state index in [2.05, 4.69) is 23.2 Å². The van der Waals surface area contributed by atoms with Gasteiger partial charge in [0.2, 0.25) is 0 Å². The maximum atomic E-state index is 11.6. The Morgan fingerprint density at radius 3 is 3.04 bits per heavy atom. The number of ether oxygens (including phenoxy) is 1. The molecule has 130 valence electrons. The van der Waals surface area contributed by atoms with E-state index >= 15 is 0 Å². The maximum absolute atomic E-state index is 11.6. The number of thioether (sulfide) groups is 1. The Morgan fingerprint density at radius 2 is 2.33 bits per heavy atom. The average molecular weight is 366 g/mol. The molecule has 0 bridgehead atoms. The molecule has 2 heterocycles. The number of hydrogen-bond acceptors (Lipinski definition) is 6. The van der Waals surface area contributed by atoms with Crippen LogP contribution in [0.2, 0.25) is 0 Å². The van der Waals surface area contributed by atoms with Crippen molar-refractivity contribution in [1.29, 1.82) is 0 Å². The molecule has 2 atom stereocenters. The largest absolute Gasteiger partial charge is 0.468 e. The first kappa shape index (κ1) is 17.5. The molecule has 5 nitrogen and oxygen atoms in total. The highest BCUT2D eigenvalue weighted by Gasteiger charge is 2.24. The van der Waals surface area contributed by atoms with E-state index < -0.39 is 0 Å². The van der Waals surface area contributed by atoms with E-state index in [1.807, 2.05) is 29.9 Å². The van der Waals surface area contributed by atoms with Crippen molar-refractivity contribution in [2.24, 2.45) is 13.0 Å². The number of hydrogen-bond donors (Lipinski definition) is 0. The summed E-state index contributed by atoms with van der Waals surface area (Å²) >= 11 is 3.21. The van der Waals surface area contributed by atoms with E-state index in [1.165, 1.54) is 59.9 Å². The molecule has 0 fully saturated rings. The van der Waals surface area contributed by atoms with E-state index in [4.69, 9.17) is 4.74 Å². The third kappa shape index (κ3) is 3.37. The molecule has 0 amide bonds. The van der Waals surface area contributed by atoms with Crippen LogP contribution in [0.1, 0.15) is 37.1 Å². The van der Waals surface area contributed by atoms with Gasteiger partial charge in [0.15, 0.2) is 11.0 Å². The van der Waals surface area contributed by atoms with Crippen molar-refractivity contribution in [1.82, 2.24) is 14.8 Å². The van der Waals surface area contributed by atoms with Crippen LogP contribution in [0.25, 0.3) is 10.7 Å². The van der Waals surface area contributed by atoms with Gasteiger partial charge in [-0.3, -0.25) is 4.79 Å². The van der Waals surface area contributed by atoms with Crippen molar-refractivity contribution in [3.05, 3.63) is 16.5 Å². The molecular weight excluding hydrogens is 342 g/mol. The van der Waals surface area contributed by atoms with Crippen molar-refractivity contribution in [2.45, 2.75) is 49.9 Å². The number of aryl methyl sites for hydroxylation is 1. The number of carbonyl (C=O) groups is 1. The van der Waals surface area contributed by atoms with Crippen LogP contribution >= 0.6 is 23.1 Å². The van der Waals surface area contributed by atoms with Crippen molar-refractivity contribution in [2.75, 3.05) is 7.11 Å². The molecule has 1 aliphatic carbocycles. The molecule has 0 spiro atoms. The lowest BCUT2D eigenvalue weighted by Gasteiger charge is -2.19. The molecule has 0 radical (unpaired) electrons. The summed E-state index contributed by atoms with van der Waals surface area (Å²) in [6.45, 7) is 4.09. The molecule has 0 unspecified atom stereocenters. The van der Waals surface area contributed by atoms with Gasteiger partial charge in [-0.25, -0.2) is 0 Å². The summed E-state index contributed by atoms with van der Waals surface area (Å²) in [6, 6.07) is 2.28. The standard InChI is InChI=1S/C17H23N3O2S2/c1-5-11-6-7-13-12(8-11)9-14(24-13)15-18-19-17(20(15)3)23-10(2)16(21)22-4/h9-11H,5-8H2,1-4H3/t10-,11+/m0/s1. The molecule has 24 heavy (non-hydrogen) atoms. The number of esters is 1. The highest BCUT2D eigenvalue weighted by molar-refractivity contribution is 8.00. The smallest absolute Gasteiger partial charge is 0.318 e. The van der Waals surface area contributed by atoms with Gasteiger partial charge in [-0.15, -0.1) is 21.5 Å². The molecule has 0 aromatic carbocycles. The van der Waals surface area contributed by atoms with Crippen LogP contribution in [-0.4, -0.2) is 33.1 Å². The van der Waals surface area contributed by atoms with Gasteiger partial charge in [-0.2, -0.15) is 0 Å². The van der Waals surface area contributed by atoms with Crippen LogP contribution in [0.5, 0.6) is 0 Å². The highest BCUT2D eigenvalue weighted by Crippen LogP contribution is 2.38. The zero-order valence-electron chi connectivity index (χ0n) is 14.5. The first-order valence-electron chi connectivity index (χ1n) is 8.29. The molecule has 0 saturated carbocycles. The van der Waals surface area contributed by atoms with Crippen LogP contribution in [0.4, 0.5) is 0 Å². The Morgan fingerprint density at radius 1 is 1.54 bits per heavy atom. The van der Waals surface area contributed by atoms with Gasteiger partial charge in [0.1, 0.15) is 5.25 Å². The lowest BCUT2D eigenvalue weighted by molar-refractivity contribution is -0.139. The van der Waals surface area contributed by atoms with E-state index in [9.17, 15) is 4.79 Å². The van der Waals surface area contributed by atoms with E-state index in [0.29, 0.717) is 0 Å². The van der Waals surface area contributed by atoms with Gasteiger partial charge in [0.25, 0.3) is 0 Å². The predicted octanol–water partition coefficient (Wildman–Crippen LogP) is 3.71. The minimum absolute atomic E-state index is 0.248. The number of carbonyl (C=O) groups excluding carboxylic acids is 1. The molecule has 2 aromatic heterocycles. The summed E-state index contributed by atoms with van der Waals surface area (Å²) in [4.78, 5) is 14.3. The minimum Gasteiger partial charge on any atom is -0.468 e. The third-order valence-electron chi connectivity index (χ3n) is 4.63. The number of methoxy groups -OCH3 is 1. The molecule has 0 saturated heterocycles. The third-order valence-corrected chi connectivity index (χ3v) is 6.98. The Kier molecular flexibility index (Phi) is 5.30. The number of thiophene rings is 1. The Bertz CT molecular complexity index is 738. The van der Waals surface area contributed by atoms with E-state index in [0.717, 1.165) is 16.9 Å². The molecular formula is C17H23N3O2S2. The quantitative estimate of drug-likeness (QED) is 0.597. The SMILES string of the molecule is CC[C@@H]1CCc2sc(-c3nnc(S[C@@H](C)C(=O)OC)n3C)cc2C1. The van der Waals surface area contributed by atoms with E-state index in [1.54, 1.807) is 0 Å². The zero-order chi connectivity index (χ0) is 17.3. The lowest BCUT2D eigenvalue weighted by Crippen LogP contribution is -2.15. The topological polar surface area (TPSA) is 57.0 Å². The molecule has 2 aromatic rings. The summed E-state index contributed by atoms with van der Waals surface area (Å²) in [5.41, 5.74) is 1.48. The fourth-order valence-electron chi connectivity index (χ4n) is 3.06. The van der Waals surface area contributed by atoms with Gasteiger partial charge in [0, 0.05) is 11.9 Å². The lowest BCUT2D eigenvalue weighted by atomic mass is 9.87. The second-order valence-electron chi connectivity index (χ2n) is 6.22. The molecule has 0 N–H and O–H groups in total. The van der Waals surface area contributed by atoms with Crippen molar-refractivity contribution in [3.63, 3.8) is 0 Å². The van der Waals surface area contributed by atoms with Crippen molar-refractivity contribution < 1.29 is 9.53 Å². The van der Waals surface area contributed by atoms with Gasteiger partial charge in [-0.1, -0.05) is 25.1 Å². The van der Waals surface area contributed by atoms with Crippen LogP contribution in [-0.2, 0) is 29.4 Å². The minimum atomic E-state index is -0.299. The predicted molar refractivity (Wildman–Crippen MR) is 97.5 cm³/mol.